The third-order valence-corrected chi connectivity index (χ3v) is 4.26. The van der Waals surface area contributed by atoms with Gasteiger partial charge in [0.1, 0.15) is 6.61 Å². The van der Waals surface area contributed by atoms with E-state index in [-0.39, 0.29) is 13.2 Å². The lowest BCUT2D eigenvalue weighted by Gasteiger charge is -2.24. The van der Waals surface area contributed by atoms with Gasteiger partial charge in [-0.3, -0.25) is 4.79 Å². The number of aliphatic carboxylic acids is 1. The molecule has 0 heterocycles. The lowest BCUT2D eigenvalue weighted by molar-refractivity contribution is -0.142. The molecule has 0 saturated carbocycles. The topological polar surface area (TPSA) is 66.8 Å². The largest absolute Gasteiger partial charge is 0.481 e. The van der Waals surface area contributed by atoms with E-state index in [2.05, 4.69) is 0 Å². The summed E-state index contributed by atoms with van der Waals surface area (Å²) < 4.78 is 5.32. The zero-order valence-electron chi connectivity index (χ0n) is 15.0. The molecule has 1 unspecified atom stereocenters. The molecule has 0 bridgehead atoms. The van der Waals surface area contributed by atoms with Gasteiger partial charge in [0.15, 0.2) is 0 Å². The molecule has 1 amide bonds. The van der Waals surface area contributed by atoms with Crippen molar-refractivity contribution in [1.29, 1.82) is 0 Å². The maximum Gasteiger partial charge on any atom is 0.410 e. The van der Waals surface area contributed by atoms with E-state index in [1.807, 2.05) is 67.6 Å². The highest BCUT2D eigenvalue weighted by atomic mass is 16.6. The maximum absolute atomic E-state index is 12.3. The average molecular weight is 355 g/mol. The predicted octanol–water partition coefficient (Wildman–Crippen LogP) is 3.98. The molecule has 26 heavy (non-hydrogen) atoms. The number of ether oxygens (including phenoxy) is 1. The summed E-state index contributed by atoms with van der Waals surface area (Å²) in [5, 5.41) is 9.51. The number of hydrogen-bond acceptors (Lipinski definition) is 3. The number of carbonyl (C=O) groups is 2. The Bertz CT molecular complexity index is 688. The summed E-state index contributed by atoms with van der Waals surface area (Å²) in [6, 6.07) is 19.2. The van der Waals surface area contributed by atoms with Crippen molar-refractivity contribution in [3.63, 3.8) is 0 Å². The van der Waals surface area contributed by atoms with Crippen LogP contribution in [0.15, 0.2) is 60.7 Å². The highest BCUT2D eigenvalue weighted by Crippen LogP contribution is 2.13. The van der Waals surface area contributed by atoms with Crippen molar-refractivity contribution in [3.05, 3.63) is 71.8 Å². The third kappa shape index (κ3) is 6.24. The molecule has 5 nitrogen and oxygen atoms in total. The molecule has 2 rings (SSSR count). The van der Waals surface area contributed by atoms with Gasteiger partial charge in [0, 0.05) is 13.1 Å². The van der Waals surface area contributed by atoms with E-state index in [1.54, 1.807) is 0 Å². The van der Waals surface area contributed by atoms with E-state index in [9.17, 15) is 14.7 Å². The minimum absolute atomic E-state index is 0.145. The van der Waals surface area contributed by atoms with Crippen LogP contribution in [-0.4, -0.2) is 35.2 Å². The molecule has 2 aromatic rings. The number of carboxylic acids is 1. The number of carboxylic acid groups (broad SMARTS) is 1. The van der Waals surface area contributed by atoms with Crippen LogP contribution in [0.5, 0.6) is 0 Å². The van der Waals surface area contributed by atoms with E-state index >= 15 is 0 Å². The van der Waals surface area contributed by atoms with Crippen LogP contribution in [0.4, 0.5) is 4.79 Å². The number of benzene rings is 2. The van der Waals surface area contributed by atoms with Gasteiger partial charge in [-0.25, -0.2) is 4.79 Å². The first-order valence-corrected chi connectivity index (χ1v) is 8.82. The first-order valence-electron chi connectivity index (χ1n) is 8.82. The Hall–Kier alpha value is -2.82. The lowest BCUT2D eigenvalue weighted by Crippen LogP contribution is -2.38. The van der Waals surface area contributed by atoms with Crippen LogP contribution in [0.2, 0.25) is 0 Å². The Morgan fingerprint density at radius 3 is 2.12 bits per heavy atom. The fourth-order valence-corrected chi connectivity index (χ4v) is 2.69. The molecule has 5 heteroatoms. The molecule has 0 radical (unpaired) electrons. The first kappa shape index (κ1) is 19.5. The molecule has 138 valence electrons. The minimum atomic E-state index is -0.893. The number of carbonyl (C=O) groups excluding carboxylic acids is 1. The van der Waals surface area contributed by atoms with Crippen molar-refractivity contribution in [2.45, 2.75) is 26.4 Å². The van der Waals surface area contributed by atoms with Crippen LogP contribution in [0.3, 0.4) is 0 Å². The highest BCUT2D eigenvalue weighted by Gasteiger charge is 2.24. The number of nitrogens with zero attached hydrogens (tertiary/aromatic N) is 1. The standard InChI is InChI=1S/C21H25NO4/c1-2-22(21(25)26-16-18-11-7-4-8-12-18)15-19(20(23)24)14-13-17-9-5-3-6-10-17/h3-12,19H,2,13-16H2,1H3,(H,23,24). The van der Waals surface area contributed by atoms with Gasteiger partial charge in [-0.2, -0.15) is 0 Å². The van der Waals surface area contributed by atoms with Crippen molar-refractivity contribution >= 4 is 12.1 Å². The molecular formula is C21H25NO4. The van der Waals surface area contributed by atoms with Gasteiger partial charge in [-0.05, 0) is 30.9 Å². The number of rotatable bonds is 9. The Kier molecular flexibility index (Phi) is 7.68. The molecular weight excluding hydrogens is 330 g/mol. The fourth-order valence-electron chi connectivity index (χ4n) is 2.69. The van der Waals surface area contributed by atoms with Crippen LogP contribution in [0, 0.1) is 5.92 Å². The Morgan fingerprint density at radius 2 is 1.58 bits per heavy atom. The highest BCUT2D eigenvalue weighted by molar-refractivity contribution is 5.72. The molecule has 0 aliphatic carbocycles. The molecule has 0 fully saturated rings. The summed E-state index contributed by atoms with van der Waals surface area (Å²) in [5.41, 5.74) is 1.99. The molecule has 0 aromatic heterocycles. The Morgan fingerprint density at radius 1 is 1.00 bits per heavy atom. The summed E-state index contributed by atoms with van der Waals surface area (Å²) in [5.74, 6) is -1.52. The van der Waals surface area contributed by atoms with Gasteiger partial charge < -0.3 is 14.7 Å². The zero-order chi connectivity index (χ0) is 18.8. The second kappa shape index (κ2) is 10.2. The van der Waals surface area contributed by atoms with Crippen molar-refractivity contribution in [3.8, 4) is 0 Å². The van der Waals surface area contributed by atoms with E-state index in [4.69, 9.17) is 4.74 Å². The van der Waals surface area contributed by atoms with Gasteiger partial charge >= 0.3 is 12.1 Å². The normalized spacial score (nSPS) is 11.6. The fraction of sp³-hybridized carbons (Fsp3) is 0.333. The second-order valence-corrected chi connectivity index (χ2v) is 6.14. The number of aryl methyl sites for hydroxylation is 1. The monoisotopic (exact) mass is 355 g/mol. The van der Waals surface area contributed by atoms with Gasteiger partial charge in [0.2, 0.25) is 0 Å². The van der Waals surface area contributed by atoms with Crippen molar-refractivity contribution < 1.29 is 19.4 Å². The first-order chi connectivity index (χ1) is 12.6. The SMILES string of the molecule is CCN(CC(CCc1ccccc1)C(=O)O)C(=O)OCc1ccccc1. The predicted molar refractivity (Wildman–Crippen MR) is 99.8 cm³/mol. The lowest BCUT2D eigenvalue weighted by atomic mass is 9.99. The van der Waals surface area contributed by atoms with Gasteiger partial charge in [-0.1, -0.05) is 60.7 Å². The van der Waals surface area contributed by atoms with E-state index < -0.39 is 18.0 Å². The van der Waals surface area contributed by atoms with Crippen LogP contribution in [0.25, 0.3) is 0 Å². The van der Waals surface area contributed by atoms with Crippen LogP contribution >= 0.6 is 0 Å². The Balaban J connectivity index is 1.89. The summed E-state index contributed by atoms with van der Waals surface area (Å²) in [6.45, 7) is 2.55. The van der Waals surface area contributed by atoms with Gasteiger partial charge in [-0.15, -0.1) is 0 Å². The summed E-state index contributed by atoms with van der Waals surface area (Å²) in [4.78, 5) is 25.3. The van der Waals surface area contributed by atoms with Crippen molar-refractivity contribution in [2.75, 3.05) is 13.1 Å². The third-order valence-electron chi connectivity index (χ3n) is 4.26. The van der Waals surface area contributed by atoms with Crippen molar-refractivity contribution in [2.24, 2.45) is 5.92 Å². The molecule has 1 N–H and O–H groups in total. The van der Waals surface area contributed by atoms with E-state index in [1.165, 1.54) is 4.90 Å². The smallest absolute Gasteiger partial charge is 0.410 e. The zero-order valence-corrected chi connectivity index (χ0v) is 15.0. The minimum Gasteiger partial charge on any atom is -0.481 e. The van der Waals surface area contributed by atoms with E-state index in [0.717, 1.165) is 11.1 Å². The summed E-state index contributed by atoms with van der Waals surface area (Å²) >= 11 is 0. The van der Waals surface area contributed by atoms with Gasteiger partial charge in [0.25, 0.3) is 0 Å². The van der Waals surface area contributed by atoms with E-state index in [0.29, 0.717) is 19.4 Å². The number of amides is 1. The quantitative estimate of drug-likeness (QED) is 0.739. The average Bonchev–Trinajstić information content (AvgIpc) is 2.67. The second-order valence-electron chi connectivity index (χ2n) is 6.14. The summed E-state index contributed by atoms with van der Waals surface area (Å²) in [7, 11) is 0. The van der Waals surface area contributed by atoms with Crippen LogP contribution < -0.4 is 0 Å². The van der Waals surface area contributed by atoms with Crippen LogP contribution in [0.1, 0.15) is 24.5 Å². The molecule has 0 aliphatic heterocycles. The molecule has 0 spiro atoms. The molecule has 0 saturated heterocycles. The molecule has 2 aromatic carbocycles. The van der Waals surface area contributed by atoms with Crippen LogP contribution in [-0.2, 0) is 22.6 Å². The maximum atomic E-state index is 12.3. The Labute approximate surface area is 154 Å². The number of hydrogen-bond donors (Lipinski definition) is 1. The summed E-state index contributed by atoms with van der Waals surface area (Å²) in [6.07, 6.45) is 0.651. The van der Waals surface area contributed by atoms with Gasteiger partial charge in [0.05, 0.1) is 5.92 Å². The van der Waals surface area contributed by atoms with Crippen molar-refractivity contribution in [1.82, 2.24) is 4.90 Å². The molecule has 1 atom stereocenters. The molecule has 0 aliphatic rings.